The van der Waals surface area contributed by atoms with E-state index >= 15 is 0 Å². The molecule has 108 valence electrons. The van der Waals surface area contributed by atoms with Gasteiger partial charge in [0.25, 0.3) is 0 Å². The van der Waals surface area contributed by atoms with Gasteiger partial charge < -0.3 is 15.2 Å². The molecule has 0 amide bonds. The molecule has 1 fully saturated rings. The molecule has 0 spiro atoms. The number of hydrogen-bond donors (Lipinski definition) is 1. The van der Waals surface area contributed by atoms with Gasteiger partial charge in [0.1, 0.15) is 0 Å². The Morgan fingerprint density at radius 3 is 2.84 bits per heavy atom. The Morgan fingerprint density at radius 2 is 2.21 bits per heavy atom. The molecule has 6 heteroatoms. The van der Waals surface area contributed by atoms with Crippen LogP contribution in [0.4, 0.5) is 0 Å². The number of likely N-dealkylation sites (tertiary alicyclic amines) is 1. The Hall–Kier alpha value is -0.980. The van der Waals surface area contributed by atoms with Crippen LogP contribution in [0.2, 0.25) is 0 Å². The minimum atomic E-state index is 0.317. The van der Waals surface area contributed by atoms with Crippen molar-refractivity contribution in [3.63, 3.8) is 0 Å². The molecule has 2 rings (SSSR count). The van der Waals surface area contributed by atoms with E-state index in [1.165, 1.54) is 13.0 Å². The fraction of sp³-hybridized carbons (Fsp3) is 0.846. The molecule has 1 unspecified atom stereocenters. The van der Waals surface area contributed by atoms with Gasteiger partial charge in [0.05, 0.1) is 13.1 Å². The quantitative estimate of drug-likeness (QED) is 0.784. The van der Waals surface area contributed by atoms with Crippen LogP contribution in [0.25, 0.3) is 0 Å². The third-order valence-corrected chi connectivity index (χ3v) is 3.83. The first kappa shape index (κ1) is 14.4. The van der Waals surface area contributed by atoms with Crippen LogP contribution in [0.1, 0.15) is 32.0 Å². The first-order valence-electron chi connectivity index (χ1n) is 7.21. The van der Waals surface area contributed by atoms with E-state index in [-0.39, 0.29) is 0 Å². The third kappa shape index (κ3) is 3.99. The maximum atomic E-state index is 5.46. The van der Waals surface area contributed by atoms with Crippen molar-refractivity contribution in [2.24, 2.45) is 11.7 Å². The molecule has 1 aromatic heterocycles. The minimum absolute atomic E-state index is 0.317. The molecule has 19 heavy (non-hydrogen) atoms. The van der Waals surface area contributed by atoms with Gasteiger partial charge in [0.15, 0.2) is 5.82 Å². The SMILES string of the molecule is CCN(CC)CC1CCN(Cc2noc(CN)n2)C1. The van der Waals surface area contributed by atoms with Crippen LogP contribution >= 0.6 is 0 Å². The van der Waals surface area contributed by atoms with Gasteiger partial charge in [-0.3, -0.25) is 4.90 Å². The lowest BCUT2D eigenvalue weighted by Gasteiger charge is -2.22. The van der Waals surface area contributed by atoms with Crippen molar-refractivity contribution >= 4 is 0 Å². The van der Waals surface area contributed by atoms with Crippen LogP contribution in [-0.4, -0.2) is 52.7 Å². The molecule has 1 aliphatic heterocycles. The summed E-state index contributed by atoms with van der Waals surface area (Å²) in [4.78, 5) is 9.15. The van der Waals surface area contributed by atoms with Crippen LogP contribution in [0.3, 0.4) is 0 Å². The van der Waals surface area contributed by atoms with Crippen molar-refractivity contribution in [3.05, 3.63) is 11.7 Å². The predicted molar refractivity (Wildman–Crippen MR) is 73.4 cm³/mol. The molecular weight excluding hydrogens is 242 g/mol. The van der Waals surface area contributed by atoms with Crippen LogP contribution in [0, 0.1) is 5.92 Å². The van der Waals surface area contributed by atoms with Gasteiger partial charge in [-0.25, -0.2) is 0 Å². The molecule has 1 saturated heterocycles. The Kier molecular flexibility index (Phi) is 5.30. The van der Waals surface area contributed by atoms with E-state index in [1.54, 1.807) is 0 Å². The van der Waals surface area contributed by atoms with Gasteiger partial charge in [-0.1, -0.05) is 19.0 Å². The van der Waals surface area contributed by atoms with Gasteiger partial charge in [-0.05, 0) is 32.0 Å². The highest BCUT2D eigenvalue weighted by molar-refractivity contribution is 4.88. The summed E-state index contributed by atoms with van der Waals surface area (Å²) in [5.41, 5.74) is 5.46. The minimum Gasteiger partial charge on any atom is -0.338 e. The Balaban J connectivity index is 1.78. The lowest BCUT2D eigenvalue weighted by atomic mass is 10.1. The van der Waals surface area contributed by atoms with E-state index in [0.717, 1.165) is 44.5 Å². The monoisotopic (exact) mass is 267 g/mol. The van der Waals surface area contributed by atoms with Crippen LogP contribution < -0.4 is 5.73 Å². The lowest BCUT2D eigenvalue weighted by molar-refractivity contribution is 0.239. The van der Waals surface area contributed by atoms with Crippen molar-refractivity contribution in [2.75, 3.05) is 32.7 Å². The highest BCUT2D eigenvalue weighted by Crippen LogP contribution is 2.19. The van der Waals surface area contributed by atoms with Gasteiger partial charge in [-0.2, -0.15) is 4.98 Å². The maximum Gasteiger partial charge on any atom is 0.240 e. The van der Waals surface area contributed by atoms with Gasteiger partial charge >= 0.3 is 0 Å². The molecule has 0 radical (unpaired) electrons. The van der Waals surface area contributed by atoms with Crippen molar-refractivity contribution in [1.82, 2.24) is 19.9 Å². The standard InChI is InChI=1S/C13H25N5O/c1-3-17(4-2)8-11-5-6-18(9-11)10-12-15-13(7-14)19-16-12/h11H,3-10,14H2,1-2H3. The molecule has 2 N–H and O–H groups in total. The maximum absolute atomic E-state index is 5.46. The normalized spacial score (nSPS) is 20.5. The van der Waals surface area contributed by atoms with Crippen molar-refractivity contribution < 1.29 is 4.52 Å². The highest BCUT2D eigenvalue weighted by atomic mass is 16.5. The molecule has 1 atom stereocenters. The Bertz CT molecular complexity index is 377. The molecule has 2 heterocycles. The number of hydrogen-bond acceptors (Lipinski definition) is 6. The van der Waals surface area contributed by atoms with E-state index in [0.29, 0.717) is 12.4 Å². The van der Waals surface area contributed by atoms with Gasteiger partial charge in [0, 0.05) is 13.1 Å². The van der Waals surface area contributed by atoms with Crippen molar-refractivity contribution in [1.29, 1.82) is 0 Å². The fourth-order valence-corrected chi connectivity index (χ4v) is 2.69. The Morgan fingerprint density at radius 1 is 1.42 bits per heavy atom. The Labute approximate surface area is 114 Å². The number of aromatic nitrogens is 2. The average Bonchev–Trinajstić information content (AvgIpc) is 3.05. The zero-order chi connectivity index (χ0) is 13.7. The summed E-state index contributed by atoms with van der Waals surface area (Å²) in [5.74, 6) is 2.04. The molecule has 0 aromatic carbocycles. The van der Waals surface area contributed by atoms with Crippen LogP contribution in [-0.2, 0) is 13.1 Å². The number of nitrogens with zero attached hydrogens (tertiary/aromatic N) is 4. The van der Waals surface area contributed by atoms with E-state index in [9.17, 15) is 0 Å². The summed E-state index contributed by atoms with van der Waals surface area (Å²) in [6.45, 7) is 11.3. The second kappa shape index (κ2) is 6.98. The second-order valence-electron chi connectivity index (χ2n) is 5.18. The summed E-state index contributed by atoms with van der Waals surface area (Å²) in [5, 5.41) is 3.95. The molecular formula is C13H25N5O. The van der Waals surface area contributed by atoms with Crippen LogP contribution in [0.15, 0.2) is 4.52 Å². The molecule has 1 aliphatic rings. The van der Waals surface area contributed by atoms with Crippen molar-refractivity contribution in [3.8, 4) is 0 Å². The van der Waals surface area contributed by atoms with Crippen LogP contribution in [0.5, 0.6) is 0 Å². The van der Waals surface area contributed by atoms with E-state index in [2.05, 4.69) is 33.8 Å². The second-order valence-corrected chi connectivity index (χ2v) is 5.18. The third-order valence-electron chi connectivity index (χ3n) is 3.83. The van der Waals surface area contributed by atoms with E-state index in [1.807, 2.05) is 0 Å². The largest absolute Gasteiger partial charge is 0.338 e. The molecule has 6 nitrogen and oxygen atoms in total. The predicted octanol–water partition coefficient (Wildman–Crippen LogP) is 0.692. The van der Waals surface area contributed by atoms with E-state index < -0.39 is 0 Å². The first-order valence-corrected chi connectivity index (χ1v) is 7.21. The summed E-state index contributed by atoms with van der Waals surface area (Å²) in [6.07, 6.45) is 1.26. The first-order chi connectivity index (χ1) is 9.25. The van der Waals surface area contributed by atoms with Crippen molar-refractivity contribution in [2.45, 2.75) is 33.4 Å². The average molecular weight is 267 g/mol. The number of rotatable bonds is 7. The highest BCUT2D eigenvalue weighted by Gasteiger charge is 2.24. The van der Waals surface area contributed by atoms with E-state index in [4.69, 9.17) is 10.3 Å². The van der Waals surface area contributed by atoms with Gasteiger partial charge in [0.2, 0.25) is 5.89 Å². The fourth-order valence-electron chi connectivity index (χ4n) is 2.69. The lowest BCUT2D eigenvalue weighted by Crippen LogP contribution is -2.31. The molecule has 0 aliphatic carbocycles. The zero-order valence-corrected chi connectivity index (χ0v) is 12.0. The van der Waals surface area contributed by atoms with Gasteiger partial charge in [-0.15, -0.1) is 0 Å². The molecule has 0 saturated carbocycles. The number of nitrogens with two attached hydrogens (primary N) is 1. The summed E-state index contributed by atoms with van der Waals surface area (Å²) in [7, 11) is 0. The summed E-state index contributed by atoms with van der Waals surface area (Å²) < 4.78 is 5.03. The topological polar surface area (TPSA) is 71.4 Å². The molecule has 0 bridgehead atoms. The summed E-state index contributed by atoms with van der Waals surface area (Å²) in [6, 6.07) is 0. The zero-order valence-electron chi connectivity index (χ0n) is 12.0. The smallest absolute Gasteiger partial charge is 0.240 e. The molecule has 1 aromatic rings. The summed E-state index contributed by atoms with van der Waals surface area (Å²) >= 11 is 0.